The van der Waals surface area contributed by atoms with E-state index in [1.807, 2.05) is 31.2 Å². The van der Waals surface area contributed by atoms with Crippen molar-refractivity contribution in [2.24, 2.45) is 0 Å². The predicted molar refractivity (Wildman–Crippen MR) is 79.6 cm³/mol. The third kappa shape index (κ3) is 3.98. The van der Waals surface area contributed by atoms with Crippen molar-refractivity contribution >= 4 is 35.0 Å². The molecule has 2 aromatic rings. The first-order valence-corrected chi connectivity index (χ1v) is 7.04. The van der Waals surface area contributed by atoms with Crippen molar-refractivity contribution < 1.29 is 4.79 Å². The standard InChI is InChI=1S/C14H13ClN2OS/c1-10(19-11-6-8-16-9-7-11)14(18)17-13-5-3-2-4-12(13)15/h2-10H,1H3,(H,17,18)/t10-/m1/s1. The highest BCUT2D eigenvalue weighted by Crippen LogP contribution is 2.25. The first kappa shape index (κ1) is 13.9. The molecule has 0 spiro atoms. The van der Waals surface area contributed by atoms with Gasteiger partial charge in [-0.3, -0.25) is 9.78 Å². The Morgan fingerprint density at radius 2 is 1.95 bits per heavy atom. The Morgan fingerprint density at radius 3 is 2.63 bits per heavy atom. The minimum absolute atomic E-state index is 0.0742. The van der Waals surface area contributed by atoms with Gasteiger partial charge < -0.3 is 5.32 Å². The molecule has 0 saturated heterocycles. The third-order valence-corrected chi connectivity index (χ3v) is 3.91. The summed E-state index contributed by atoms with van der Waals surface area (Å²) in [4.78, 5) is 17.0. The van der Waals surface area contributed by atoms with Gasteiger partial charge in [0.15, 0.2) is 0 Å². The number of carbonyl (C=O) groups excluding carboxylic acids is 1. The molecule has 0 radical (unpaired) electrons. The van der Waals surface area contributed by atoms with Gasteiger partial charge in [0, 0.05) is 17.3 Å². The van der Waals surface area contributed by atoms with Crippen molar-refractivity contribution in [3.63, 3.8) is 0 Å². The van der Waals surface area contributed by atoms with E-state index < -0.39 is 0 Å². The molecular formula is C14H13ClN2OS. The molecule has 1 atom stereocenters. The van der Waals surface area contributed by atoms with Gasteiger partial charge in [0.1, 0.15) is 0 Å². The van der Waals surface area contributed by atoms with Crippen LogP contribution in [0.5, 0.6) is 0 Å². The number of hydrogen-bond donors (Lipinski definition) is 1. The summed E-state index contributed by atoms with van der Waals surface area (Å²) in [6.45, 7) is 1.86. The molecular weight excluding hydrogens is 280 g/mol. The smallest absolute Gasteiger partial charge is 0.237 e. The molecule has 0 bridgehead atoms. The Balaban J connectivity index is 1.99. The van der Waals surface area contributed by atoms with Crippen LogP contribution in [0.2, 0.25) is 5.02 Å². The normalized spacial score (nSPS) is 11.9. The van der Waals surface area contributed by atoms with Crippen molar-refractivity contribution in [3.05, 3.63) is 53.8 Å². The zero-order valence-electron chi connectivity index (χ0n) is 10.3. The Bertz CT molecular complexity index is 562. The number of nitrogens with zero attached hydrogens (tertiary/aromatic N) is 1. The van der Waals surface area contributed by atoms with E-state index in [4.69, 9.17) is 11.6 Å². The third-order valence-electron chi connectivity index (χ3n) is 2.46. The lowest BCUT2D eigenvalue weighted by Crippen LogP contribution is -2.22. The van der Waals surface area contributed by atoms with Gasteiger partial charge in [-0.25, -0.2) is 0 Å². The van der Waals surface area contributed by atoms with E-state index in [0.717, 1.165) is 4.90 Å². The molecule has 2 rings (SSSR count). The molecule has 0 aliphatic rings. The van der Waals surface area contributed by atoms with Crippen LogP contribution < -0.4 is 5.32 Å². The molecule has 19 heavy (non-hydrogen) atoms. The van der Waals surface area contributed by atoms with Crippen molar-refractivity contribution in [3.8, 4) is 0 Å². The maximum absolute atomic E-state index is 12.1. The van der Waals surface area contributed by atoms with Crippen LogP contribution in [0, 0.1) is 0 Å². The summed E-state index contributed by atoms with van der Waals surface area (Å²) >= 11 is 7.49. The summed E-state index contributed by atoms with van der Waals surface area (Å²) in [7, 11) is 0. The van der Waals surface area contributed by atoms with E-state index in [2.05, 4.69) is 10.3 Å². The number of hydrogen-bond acceptors (Lipinski definition) is 3. The highest BCUT2D eigenvalue weighted by molar-refractivity contribution is 8.00. The van der Waals surface area contributed by atoms with Crippen LogP contribution in [-0.2, 0) is 4.79 Å². The van der Waals surface area contributed by atoms with Gasteiger partial charge in [0.2, 0.25) is 5.91 Å². The quantitative estimate of drug-likeness (QED) is 0.870. The van der Waals surface area contributed by atoms with Crippen molar-refractivity contribution in [1.29, 1.82) is 0 Å². The largest absolute Gasteiger partial charge is 0.324 e. The number of para-hydroxylation sites is 1. The van der Waals surface area contributed by atoms with Crippen molar-refractivity contribution in [1.82, 2.24) is 4.98 Å². The maximum Gasteiger partial charge on any atom is 0.237 e. The average molecular weight is 293 g/mol. The van der Waals surface area contributed by atoms with Crippen molar-refractivity contribution in [2.75, 3.05) is 5.32 Å². The van der Waals surface area contributed by atoms with Gasteiger partial charge in [-0.05, 0) is 31.2 Å². The molecule has 0 unspecified atom stereocenters. The van der Waals surface area contributed by atoms with Crippen LogP contribution in [0.25, 0.3) is 0 Å². The number of halogens is 1. The fraction of sp³-hybridized carbons (Fsp3) is 0.143. The number of pyridine rings is 1. The fourth-order valence-corrected chi connectivity index (χ4v) is 2.51. The predicted octanol–water partition coefficient (Wildman–Crippen LogP) is 3.85. The minimum atomic E-state index is -0.210. The first-order valence-electron chi connectivity index (χ1n) is 5.79. The van der Waals surface area contributed by atoms with Crippen LogP contribution in [0.4, 0.5) is 5.69 Å². The molecule has 0 aliphatic carbocycles. The van der Waals surface area contributed by atoms with E-state index in [0.29, 0.717) is 10.7 Å². The summed E-state index contributed by atoms with van der Waals surface area (Å²) in [5.74, 6) is -0.0742. The van der Waals surface area contributed by atoms with Crippen molar-refractivity contribution in [2.45, 2.75) is 17.1 Å². The fourth-order valence-electron chi connectivity index (χ4n) is 1.47. The highest BCUT2D eigenvalue weighted by Gasteiger charge is 2.15. The van der Waals surface area contributed by atoms with E-state index in [9.17, 15) is 4.79 Å². The Morgan fingerprint density at radius 1 is 1.26 bits per heavy atom. The second kappa shape index (κ2) is 6.59. The summed E-state index contributed by atoms with van der Waals surface area (Å²) in [6, 6.07) is 10.9. The Kier molecular flexibility index (Phi) is 4.82. The summed E-state index contributed by atoms with van der Waals surface area (Å²) in [5.41, 5.74) is 0.636. The molecule has 0 fully saturated rings. The minimum Gasteiger partial charge on any atom is -0.324 e. The van der Waals surface area contributed by atoms with Gasteiger partial charge in [0.05, 0.1) is 16.0 Å². The zero-order valence-corrected chi connectivity index (χ0v) is 11.9. The van der Waals surface area contributed by atoms with E-state index in [1.54, 1.807) is 24.5 Å². The summed E-state index contributed by atoms with van der Waals surface area (Å²) in [5, 5.41) is 3.15. The van der Waals surface area contributed by atoms with Crippen LogP contribution in [-0.4, -0.2) is 16.1 Å². The second-order valence-corrected chi connectivity index (χ2v) is 5.73. The number of amides is 1. The number of thioether (sulfide) groups is 1. The topological polar surface area (TPSA) is 42.0 Å². The number of carbonyl (C=O) groups is 1. The van der Waals surface area contributed by atoms with Gasteiger partial charge in [0.25, 0.3) is 0 Å². The lowest BCUT2D eigenvalue weighted by Gasteiger charge is -2.12. The Labute approximate surface area is 121 Å². The lowest BCUT2D eigenvalue weighted by atomic mass is 10.3. The second-order valence-electron chi connectivity index (χ2n) is 3.91. The average Bonchev–Trinajstić information content (AvgIpc) is 2.42. The van der Waals surface area contributed by atoms with Gasteiger partial charge in [-0.15, -0.1) is 11.8 Å². The van der Waals surface area contributed by atoms with Crippen LogP contribution in [0.15, 0.2) is 53.7 Å². The van der Waals surface area contributed by atoms with E-state index in [1.165, 1.54) is 11.8 Å². The molecule has 1 heterocycles. The molecule has 98 valence electrons. The molecule has 3 nitrogen and oxygen atoms in total. The molecule has 5 heteroatoms. The first-order chi connectivity index (χ1) is 9.16. The SMILES string of the molecule is C[C@@H](Sc1ccncc1)C(=O)Nc1ccccc1Cl. The van der Waals surface area contributed by atoms with Crippen LogP contribution in [0.1, 0.15) is 6.92 Å². The molecule has 1 amide bonds. The summed E-state index contributed by atoms with van der Waals surface area (Å²) < 4.78 is 0. The van der Waals surface area contributed by atoms with Gasteiger partial charge in [-0.1, -0.05) is 23.7 Å². The number of rotatable bonds is 4. The zero-order chi connectivity index (χ0) is 13.7. The highest BCUT2D eigenvalue weighted by atomic mass is 35.5. The number of aromatic nitrogens is 1. The van der Waals surface area contributed by atoms with Gasteiger partial charge >= 0.3 is 0 Å². The molecule has 1 aromatic carbocycles. The number of anilines is 1. The molecule has 1 N–H and O–H groups in total. The van der Waals surface area contributed by atoms with E-state index in [-0.39, 0.29) is 11.2 Å². The van der Waals surface area contributed by atoms with E-state index >= 15 is 0 Å². The number of benzene rings is 1. The maximum atomic E-state index is 12.1. The number of nitrogens with one attached hydrogen (secondary N) is 1. The summed E-state index contributed by atoms with van der Waals surface area (Å²) in [6.07, 6.45) is 3.42. The van der Waals surface area contributed by atoms with Crippen LogP contribution >= 0.6 is 23.4 Å². The molecule has 0 aliphatic heterocycles. The van der Waals surface area contributed by atoms with Crippen LogP contribution in [0.3, 0.4) is 0 Å². The molecule has 0 saturated carbocycles. The lowest BCUT2D eigenvalue weighted by molar-refractivity contribution is -0.115. The van der Waals surface area contributed by atoms with Gasteiger partial charge in [-0.2, -0.15) is 0 Å². The molecule has 1 aromatic heterocycles. The monoisotopic (exact) mass is 292 g/mol. The Hall–Kier alpha value is -1.52.